The van der Waals surface area contributed by atoms with Crippen LogP contribution < -0.4 is 0 Å². The van der Waals surface area contributed by atoms with Crippen LogP contribution in [0.2, 0.25) is 0 Å². The fourth-order valence-corrected chi connectivity index (χ4v) is 3.02. The first-order chi connectivity index (χ1) is 11.3. The molecule has 0 radical (unpaired) electrons. The Morgan fingerprint density at radius 3 is 2.39 bits per heavy atom. The van der Waals surface area contributed by atoms with Gasteiger partial charge in [0.2, 0.25) is 0 Å². The van der Waals surface area contributed by atoms with Gasteiger partial charge in [-0.1, -0.05) is 84.5 Å². The lowest BCUT2D eigenvalue weighted by atomic mass is 9.89. The summed E-state index contributed by atoms with van der Waals surface area (Å²) in [6.45, 7) is 2.12. The van der Waals surface area contributed by atoms with Crippen LogP contribution in [0, 0.1) is 6.92 Å². The molecule has 23 heavy (non-hydrogen) atoms. The highest BCUT2D eigenvalue weighted by Crippen LogP contribution is 2.31. The minimum atomic E-state index is 1.19. The van der Waals surface area contributed by atoms with Crippen LogP contribution in [-0.2, 0) is 0 Å². The minimum absolute atomic E-state index is 1.19. The lowest BCUT2D eigenvalue weighted by molar-refractivity contribution is 0.714. The topological polar surface area (TPSA) is 0 Å². The van der Waals surface area contributed by atoms with Gasteiger partial charge >= 0.3 is 0 Å². The fourth-order valence-electron chi connectivity index (χ4n) is 3.02. The number of allylic oxidation sites excluding steroid dienone is 5. The summed E-state index contributed by atoms with van der Waals surface area (Å²) in [5, 5.41) is 0. The molecule has 3 rings (SSSR count). The monoisotopic (exact) mass is 300 g/mol. The molecule has 2 aromatic rings. The Balaban J connectivity index is 1.88. The van der Waals surface area contributed by atoms with Gasteiger partial charge in [-0.05, 0) is 54.9 Å². The third-order valence-electron chi connectivity index (χ3n) is 4.35. The van der Waals surface area contributed by atoms with Crippen molar-refractivity contribution in [1.82, 2.24) is 0 Å². The quantitative estimate of drug-likeness (QED) is 0.558. The molecule has 0 bridgehead atoms. The Morgan fingerprint density at radius 1 is 0.913 bits per heavy atom. The van der Waals surface area contributed by atoms with Gasteiger partial charge in [0, 0.05) is 0 Å². The number of hydrogen-bond acceptors (Lipinski definition) is 0. The third-order valence-corrected chi connectivity index (χ3v) is 4.35. The molecular weight excluding hydrogens is 276 g/mol. The van der Waals surface area contributed by atoms with Crippen molar-refractivity contribution in [1.29, 1.82) is 0 Å². The molecule has 0 nitrogen and oxygen atoms in total. The van der Waals surface area contributed by atoms with Crippen LogP contribution in [0.4, 0.5) is 0 Å². The zero-order valence-electron chi connectivity index (χ0n) is 13.8. The maximum Gasteiger partial charge on any atom is -0.0155 e. The first kappa shape index (κ1) is 15.6. The van der Waals surface area contributed by atoms with Crippen molar-refractivity contribution in [3.05, 3.63) is 95.1 Å². The fraction of sp³-hybridized carbons (Fsp3) is 0.217. The molecule has 116 valence electrons. The van der Waals surface area contributed by atoms with E-state index in [4.69, 9.17) is 0 Å². The van der Waals surface area contributed by atoms with E-state index in [1.54, 1.807) is 0 Å². The SMILES string of the molecule is Cc1ccc(C=CC=C(C2=CCCCC2)c2ccccc2)cc1. The van der Waals surface area contributed by atoms with Gasteiger partial charge in [-0.3, -0.25) is 0 Å². The Bertz CT molecular complexity index is 712. The maximum absolute atomic E-state index is 2.42. The Labute approximate surface area is 139 Å². The van der Waals surface area contributed by atoms with Gasteiger partial charge in [0.15, 0.2) is 0 Å². The molecule has 0 aromatic heterocycles. The number of hydrogen-bond donors (Lipinski definition) is 0. The average Bonchev–Trinajstić information content (AvgIpc) is 2.62. The van der Waals surface area contributed by atoms with Crippen LogP contribution >= 0.6 is 0 Å². The van der Waals surface area contributed by atoms with Gasteiger partial charge in [0.25, 0.3) is 0 Å². The van der Waals surface area contributed by atoms with E-state index in [0.717, 1.165) is 0 Å². The molecule has 0 saturated carbocycles. The van der Waals surface area contributed by atoms with Crippen LogP contribution in [0.5, 0.6) is 0 Å². The highest BCUT2D eigenvalue weighted by atomic mass is 14.1. The molecule has 0 aliphatic heterocycles. The molecule has 0 spiro atoms. The molecule has 0 heterocycles. The molecule has 0 saturated heterocycles. The second-order valence-electron chi connectivity index (χ2n) is 6.19. The summed E-state index contributed by atoms with van der Waals surface area (Å²) in [4.78, 5) is 0. The van der Waals surface area contributed by atoms with Crippen LogP contribution in [0.25, 0.3) is 11.6 Å². The largest absolute Gasteiger partial charge is 0.0807 e. The number of aryl methyl sites for hydroxylation is 1. The Morgan fingerprint density at radius 2 is 1.70 bits per heavy atom. The molecular formula is C23H24. The van der Waals surface area contributed by atoms with Crippen LogP contribution in [-0.4, -0.2) is 0 Å². The van der Waals surface area contributed by atoms with Crippen molar-refractivity contribution in [3.8, 4) is 0 Å². The Kier molecular flexibility index (Phi) is 5.26. The highest BCUT2D eigenvalue weighted by molar-refractivity contribution is 5.80. The molecule has 2 aromatic carbocycles. The van der Waals surface area contributed by atoms with Crippen LogP contribution in [0.15, 0.2) is 78.4 Å². The average molecular weight is 300 g/mol. The zero-order valence-corrected chi connectivity index (χ0v) is 13.8. The smallest absolute Gasteiger partial charge is 0.0155 e. The summed E-state index contributed by atoms with van der Waals surface area (Å²) in [6, 6.07) is 19.4. The zero-order chi connectivity index (χ0) is 15.9. The predicted molar refractivity (Wildman–Crippen MR) is 101 cm³/mol. The molecule has 1 aliphatic rings. The van der Waals surface area contributed by atoms with Gasteiger partial charge in [0.1, 0.15) is 0 Å². The highest BCUT2D eigenvalue weighted by Gasteiger charge is 2.09. The first-order valence-electron chi connectivity index (χ1n) is 8.53. The third kappa shape index (κ3) is 4.32. The summed E-state index contributed by atoms with van der Waals surface area (Å²) in [5.74, 6) is 0. The summed E-state index contributed by atoms with van der Waals surface area (Å²) in [6.07, 6.45) is 14.1. The van der Waals surface area contributed by atoms with E-state index >= 15 is 0 Å². The standard InChI is InChI=1S/C23H24/c1-19-15-17-20(18-16-19)9-8-14-23(21-10-4-2-5-11-21)22-12-6-3-7-13-22/h2,4-5,8-12,14-18H,3,6-7,13H2,1H3. The van der Waals surface area contributed by atoms with Crippen LogP contribution in [0.1, 0.15) is 42.4 Å². The van der Waals surface area contributed by atoms with E-state index in [1.165, 1.54) is 53.5 Å². The van der Waals surface area contributed by atoms with E-state index in [-0.39, 0.29) is 0 Å². The van der Waals surface area contributed by atoms with Gasteiger partial charge in [-0.25, -0.2) is 0 Å². The van der Waals surface area contributed by atoms with E-state index in [0.29, 0.717) is 0 Å². The molecule has 0 unspecified atom stereocenters. The molecule has 1 aliphatic carbocycles. The lowest BCUT2D eigenvalue weighted by Gasteiger charge is -2.16. The molecule has 0 amide bonds. The second kappa shape index (κ2) is 7.78. The minimum Gasteiger partial charge on any atom is -0.0807 e. The number of rotatable bonds is 4. The maximum atomic E-state index is 2.42. The van der Waals surface area contributed by atoms with Crippen molar-refractivity contribution in [2.45, 2.75) is 32.6 Å². The molecule has 0 fully saturated rings. The van der Waals surface area contributed by atoms with Gasteiger partial charge in [-0.15, -0.1) is 0 Å². The van der Waals surface area contributed by atoms with Gasteiger partial charge < -0.3 is 0 Å². The van der Waals surface area contributed by atoms with Crippen molar-refractivity contribution in [3.63, 3.8) is 0 Å². The lowest BCUT2D eigenvalue weighted by Crippen LogP contribution is -1.95. The van der Waals surface area contributed by atoms with Crippen LogP contribution in [0.3, 0.4) is 0 Å². The first-order valence-corrected chi connectivity index (χ1v) is 8.53. The summed E-state index contributed by atoms with van der Waals surface area (Å²) < 4.78 is 0. The molecule has 0 N–H and O–H groups in total. The summed E-state index contributed by atoms with van der Waals surface area (Å²) >= 11 is 0. The van der Waals surface area contributed by atoms with E-state index < -0.39 is 0 Å². The second-order valence-corrected chi connectivity index (χ2v) is 6.19. The van der Waals surface area contributed by atoms with Gasteiger partial charge in [0.05, 0.1) is 0 Å². The van der Waals surface area contributed by atoms with Crippen molar-refractivity contribution in [2.75, 3.05) is 0 Å². The predicted octanol–water partition coefficient (Wildman–Crippen LogP) is 6.59. The van der Waals surface area contributed by atoms with Gasteiger partial charge in [-0.2, -0.15) is 0 Å². The summed E-state index contributed by atoms with van der Waals surface area (Å²) in [7, 11) is 0. The van der Waals surface area contributed by atoms with E-state index in [2.05, 4.69) is 85.8 Å². The number of benzene rings is 2. The van der Waals surface area contributed by atoms with E-state index in [1.807, 2.05) is 0 Å². The summed E-state index contributed by atoms with van der Waals surface area (Å²) in [5.41, 5.74) is 6.73. The van der Waals surface area contributed by atoms with E-state index in [9.17, 15) is 0 Å². The molecule has 0 atom stereocenters. The van der Waals surface area contributed by atoms with Crippen molar-refractivity contribution in [2.24, 2.45) is 0 Å². The van der Waals surface area contributed by atoms with Crippen molar-refractivity contribution < 1.29 is 0 Å². The van der Waals surface area contributed by atoms with Crippen molar-refractivity contribution >= 4 is 11.6 Å². The normalized spacial score (nSPS) is 15.7. The molecule has 0 heteroatoms. The Hall–Kier alpha value is -2.34.